The van der Waals surface area contributed by atoms with Crippen molar-refractivity contribution in [3.8, 4) is 0 Å². The Hall–Kier alpha value is -1.53. The Labute approximate surface area is 131 Å². The lowest BCUT2D eigenvalue weighted by Gasteiger charge is -2.28. The first-order chi connectivity index (χ1) is 9.75. The average molecular weight is 310 g/mol. The molecule has 0 radical (unpaired) electrons. The largest absolute Gasteiger partial charge is 0.397 e. The van der Waals surface area contributed by atoms with Crippen LogP contribution in [0.5, 0.6) is 0 Å². The van der Waals surface area contributed by atoms with E-state index in [-0.39, 0.29) is 11.3 Å². The van der Waals surface area contributed by atoms with Gasteiger partial charge in [0.15, 0.2) is 0 Å². The Kier molecular flexibility index (Phi) is 6.23. The number of amides is 1. The molecule has 0 aliphatic heterocycles. The van der Waals surface area contributed by atoms with Crippen molar-refractivity contribution in [1.29, 1.82) is 0 Å². The van der Waals surface area contributed by atoms with Gasteiger partial charge in [0.25, 0.3) is 5.91 Å². The standard InChI is InChI=1S/C15H26N4OS/c1-6-7-17-14(20)13-11(16)8-12(21-13)18-9-15(2,3)10-19(4)5/h6,8,18H,1,7,9-10,16H2,2-5H3,(H,17,20). The van der Waals surface area contributed by atoms with Crippen LogP contribution in [0.4, 0.5) is 10.7 Å². The molecule has 0 spiro atoms. The van der Waals surface area contributed by atoms with Crippen molar-refractivity contribution in [2.75, 3.05) is 44.8 Å². The molecule has 4 N–H and O–H groups in total. The zero-order chi connectivity index (χ0) is 16.0. The summed E-state index contributed by atoms with van der Waals surface area (Å²) < 4.78 is 0. The van der Waals surface area contributed by atoms with E-state index >= 15 is 0 Å². The topological polar surface area (TPSA) is 70.4 Å². The molecule has 1 aromatic heterocycles. The van der Waals surface area contributed by atoms with Gasteiger partial charge >= 0.3 is 0 Å². The summed E-state index contributed by atoms with van der Waals surface area (Å²) in [5, 5.41) is 7.03. The van der Waals surface area contributed by atoms with E-state index in [9.17, 15) is 4.79 Å². The van der Waals surface area contributed by atoms with E-state index < -0.39 is 0 Å². The molecule has 118 valence electrons. The predicted octanol–water partition coefficient (Wildman–Crippen LogP) is 2.25. The molecule has 0 unspecified atom stereocenters. The molecule has 0 saturated heterocycles. The molecule has 0 bridgehead atoms. The Morgan fingerprint density at radius 3 is 2.76 bits per heavy atom. The number of anilines is 2. The van der Waals surface area contributed by atoms with Crippen molar-refractivity contribution in [2.24, 2.45) is 5.41 Å². The minimum absolute atomic E-state index is 0.132. The van der Waals surface area contributed by atoms with Gasteiger partial charge in [-0.25, -0.2) is 0 Å². The van der Waals surface area contributed by atoms with Crippen LogP contribution in [0.25, 0.3) is 0 Å². The summed E-state index contributed by atoms with van der Waals surface area (Å²) in [6.45, 7) is 10.2. The van der Waals surface area contributed by atoms with E-state index in [4.69, 9.17) is 5.73 Å². The maximum absolute atomic E-state index is 11.9. The number of nitrogens with one attached hydrogen (secondary N) is 2. The zero-order valence-electron chi connectivity index (χ0n) is 13.3. The predicted molar refractivity (Wildman–Crippen MR) is 92.1 cm³/mol. The summed E-state index contributed by atoms with van der Waals surface area (Å²) in [5.74, 6) is -0.155. The van der Waals surface area contributed by atoms with Crippen LogP contribution in [0.15, 0.2) is 18.7 Å². The minimum Gasteiger partial charge on any atom is -0.397 e. The van der Waals surface area contributed by atoms with Crippen LogP contribution >= 0.6 is 11.3 Å². The van der Waals surface area contributed by atoms with Gasteiger partial charge in [-0.15, -0.1) is 17.9 Å². The van der Waals surface area contributed by atoms with Gasteiger partial charge in [-0.2, -0.15) is 0 Å². The summed E-state index contributed by atoms with van der Waals surface area (Å²) in [7, 11) is 4.12. The number of thiophene rings is 1. The minimum atomic E-state index is -0.155. The summed E-state index contributed by atoms with van der Waals surface area (Å²) in [6, 6.07) is 1.82. The maximum Gasteiger partial charge on any atom is 0.263 e. The molecule has 21 heavy (non-hydrogen) atoms. The van der Waals surface area contributed by atoms with Gasteiger partial charge in [-0.1, -0.05) is 19.9 Å². The molecule has 0 aliphatic rings. The summed E-state index contributed by atoms with van der Waals surface area (Å²) in [6.07, 6.45) is 1.64. The molecule has 0 aliphatic carbocycles. The third-order valence-corrected chi connectivity index (χ3v) is 3.97. The number of nitrogen functional groups attached to an aromatic ring is 1. The van der Waals surface area contributed by atoms with E-state index in [1.807, 2.05) is 6.07 Å². The molecular formula is C15H26N4OS. The van der Waals surface area contributed by atoms with Crippen LogP contribution in [-0.4, -0.2) is 44.5 Å². The number of hydrogen-bond acceptors (Lipinski definition) is 5. The molecular weight excluding hydrogens is 284 g/mol. The zero-order valence-corrected chi connectivity index (χ0v) is 14.1. The van der Waals surface area contributed by atoms with Crippen LogP contribution in [0, 0.1) is 5.41 Å². The summed E-state index contributed by atoms with van der Waals surface area (Å²) in [5.41, 5.74) is 6.55. The van der Waals surface area contributed by atoms with E-state index in [0.29, 0.717) is 17.1 Å². The summed E-state index contributed by atoms with van der Waals surface area (Å²) in [4.78, 5) is 14.6. The van der Waals surface area contributed by atoms with Crippen molar-refractivity contribution in [3.05, 3.63) is 23.6 Å². The second-order valence-electron chi connectivity index (χ2n) is 6.15. The van der Waals surface area contributed by atoms with Gasteiger partial charge in [0.1, 0.15) is 4.88 Å². The first-order valence-electron chi connectivity index (χ1n) is 6.92. The molecule has 0 fully saturated rings. The number of nitrogens with zero attached hydrogens (tertiary/aromatic N) is 1. The fourth-order valence-corrected chi connectivity index (χ4v) is 3.04. The molecule has 5 nitrogen and oxygen atoms in total. The first kappa shape index (κ1) is 17.5. The smallest absolute Gasteiger partial charge is 0.263 e. The van der Waals surface area contributed by atoms with Gasteiger partial charge in [-0.05, 0) is 25.6 Å². The van der Waals surface area contributed by atoms with E-state index in [1.54, 1.807) is 6.08 Å². The molecule has 0 atom stereocenters. The van der Waals surface area contributed by atoms with Gasteiger partial charge in [0.05, 0.1) is 10.7 Å². The van der Waals surface area contributed by atoms with Gasteiger partial charge in [0, 0.05) is 19.6 Å². The second-order valence-corrected chi connectivity index (χ2v) is 7.20. The molecule has 1 aromatic rings. The molecule has 1 amide bonds. The fourth-order valence-electron chi connectivity index (χ4n) is 2.15. The third kappa shape index (κ3) is 5.77. The number of nitrogens with two attached hydrogens (primary N) is 1. The van der Waals surface area contributed by atoms with Gasteiger partial charge < -0.3 is 21.3 Å². The average Bonchev–Trinajstić information content (AvgIpc) is 2.73. The quantitative estimate of drug-likeness (QED) is 0.644. The van der Waals surface area contributed by atoms with E-state index in [0.717, 1.165) is 18.1 Å². The molecule has 1 rings (SSSR count). The van der Waals surface area contributed by atoms with Crippen molar-refractivity contribution in [1.82, 2.24) is 10.2 Å². The highest BCUT2D eigenvalue weighted by Crippen LogP contribution is 2.30. The highest BCUT2D eigenvalue weighted by Gasteiger charge is 2.20. The van der Waals surface area contributed by atoms with Gasteiger partial charge in [0.2, 0.25) is 0 Å². The van der Waals surface area contributed by atoms with Crippen molar-refractivity contribution >= 4 is 27.9 Å². The number of rotatable bonds is 8. The highest BCUT2D eigenvalue weighted by atomic mass is 32.1. The Morgan fingerprint density at radius 2 is 2.19 bits per heavy atom. The monoisotopic (exact) mass is 310 g/mol. The SMILES string of the molecule is C=CCNC(=O)c1sc(NCC(C)(C)CN(C)C)cc1N. The fraction of sp³-hybridized carbons (Fsp3) is 0.533. The first-order valence-corrected chi connectivity index (χ1v) is 7.74. The number of hydrogen-bond donors (Lipinski definition) is 3. The third-order valence-electron chi connectivity index (χ3n) is 2.86. The molecule has 0 saturated carbocycles. The van der Waals surface area contributed by atoms with Gasteiger partial charge in [-0.3, -0.25) is 4.79 Å². The van der Waals surface area contributed by atoms with Crippen molar-refractivity contribution in [3.63, 3.8) is 0 Å². The Morgan fingerprint density at radius 1 is 1.52 bits per heavy atom. The van der Waals surface area contributed by atoms with Crippen LogP contribution in [0.3, 0.4) is 0 Å². The molecule has 0 aromatic carbocycles. The number of carbonyl (C=O) groups excluding carboxylic acids is 1. The van der Waals surface area contributed by atoms with Crippen LogP contribution < -0.4 is 16.4 Å². The van der Waals surface area contributed by atoms with Crippen LogP contribution in [-0.2, 0) is 0 Å². The lowest BCUT2D eigenvalue weighted by atomic mass is 9.93. The summed E-state index contributed by atoms with van der Waals surface area (Å²) >= 11 is 1.38. The van der Waals surface area contributed by atoms with Crippen LogP contribution in [0.2, 0.25) is 0 Å². The molecule has 1 heterocycles. The van der Waals surface area contributed by atoms with E-state index in [2.05, 4.69) is 50.1 Å². The Bertz CT molecular complexity index is 494. The second kappa shape index (κ2) is 7.47. The van der Waals surface area contributed by atoms with Crippen molar-refractivity contribution in [2.45, 2.75) is 13.8 Å². The Balaban J connectivity index is 2.65. The highest BCUT2D eigenvalue weighted by molar-refractivity contribution is 7.18. The van der Waals surface area contributed by atoms with Crippen molar-refractivity contribution < 1.29 is 4.79 Å². The molecule has 6 heteroatoms. The normalized spacial score (nSPS) is 11.5. The van der Waals surface area contributed by atoms with Crippen LogP contribution in [0.1, 0.15) is 23.5 Å². The van der Waals surface area contributed by atoms with E-state index in [1.165, 1.54) is 11.3 Å². The lowest BCUT2D eigenvalue weighted by molar-refractivity contribution is 0.0963. The lowest BCUT2D eigenvalue weighted by Crippen LogP contribution is -2.34. The maximum atomic E-state index is 11.9. The number of carbonyl (C=O) groups is 1.